The third-order valence-electron chi connectivity index (χ3n) is 3.09. The number of aromatic hydroxyl groups is 2. The number of nitrogens with one attached hydrogen (secondary N) is 2. The minimum Gasteiger partial charge on any atom is -0.504 e. The van der Waals surface area contributed by atoms with Gasteiger partial charge in [0.1, 0.15) is 6.04 Å². The molecule has 0 saturated carbocycles. The first-order valence-electron chi connectivity index (χ1n) is 5.96. The van der Waals surface area contributed by atoms with Crippen LogP contribution in [0.1, 0.15) is 5.56 Å². The van der Waals surface area contributed by atoms with Crippen LogP contribution in [-0.4, -0.2) is 46.5 Å². The molecule has 0 radical (unpaired) electrons. The van der Waals surface area contributed by atoms with E-state index in [1.807, 2.05) is 0 Å². The Bertz CT molecular complexity index is 492. The zero-order valence-electron chi connectivity index (χ0n) is 10.3. The Hall–Kier alpha value is -1.99. The van der Waals surface area contributed by atoms with Crippen LogP contribution in [0.4, 0.5) is 5.69 Å². The molecular formula is C12H17N3O4. The molecule has 2 rings (SSSR count). The van der Waals surface area contributed by atoms with Gasteiger partial charge in [-0.1, -0.05) is 0 Å². The number of phenols is 2. The van der Waals surface area contributed by atoms with Gasteiger partial charge in [-0.25, -0.2) is 0 Å². The van der Waals surface area contributed by atoms with Crippen molar-refractivity contribution in [2.24, 2.45) is 5.73 Å². The van der Waals surface area contributed by atoms with E-state index < -0.39 is 18.6 Å². The van der Waals surface area contributed by atoms with Crippen LogP contribution in [0.2, 0.25) is 0 Å². The summed E-state index contributed by atoms with van der Waals surface area (Å²) in [6.45, 7) is 0.0817. The van der Waals surface area contributed by atoms with E-state index >= 15 is 0 Å². The summed E-state index contributed by atoms with van der Waals surface area (Å²) in [7, 11) is 0. The van der Waals surface area contributed by atoms with Crippen LogP contribution in [0.5, 0.6) is 11.5 Å². The second kappa shape index (κ2) is 5.33. The van der Waals surface area contributed by atoms with Gasteiger partial charge in [0.05, 0.1) is 12.6 Å². The van der Waals surface area contributed by atoms with E-state index in [0.29, 0.717) is 13.0 Å². The Balaban J connectivity index is 2.06. The first kappa shape index (κ1) is 13.4. The Morgan fingerprint density at radius 1 is 1.47 bits per heavy atom. The van der Waals surface area contributed by atoms with Crippen LogP contribution in [0.25, 0.3) is 0 Å². The molecule has 7 heteroatoms. The number of aliphatic hydroxyl groups is 1. The summed E-state index contributed by atoms with van der Waals surface area (Å²) < 4.78 is 0. The van der Waals surface area contributed by atoms with Crippen LogP contribution >= 0.6 is 0 Å². The molecule has 19 heavy (non-hydrogen) atoms. The number of rotatable bonds is 3. The van der Waals surface area contributed by atoms with Gasteiger partial charge >= 0.3 is 0 Å². The van der Waals surface area contributed by atoms with Crippen molar-refractivity contribution in [1.29, 1.82) is 0 Å². The fourth-order valence-corrected chi connectivity index (χ4v) is 2.02. The highest BCUT2D eigenvalue weighted by Crippen LogP contribution is 2.33. The minimum atomic E-state index is -0.936. The van der Waals surface area contributed by atoms with Crippen LogP contribution in [0, 0.1) is 0 Å². The quantitative estimate of drug-likeness (QED) is 0.304. The zero-order valence-corrected chi connectivity index (χ0v) is 10.3. The first-order chi connectivity index (χ1) is 9.01. The molecule has 0 spiro atoms. The number of nitrogens with two attached hydrogens (primary N) is 1. The highest BCUT2D eigenvalue weighted by Gasteiger charge is 2.23. The smallest absolute Gasteiger partial charge is 0.239 e. The lowest BCUT2D eigenvalue weighted by Gasteiger charge is -2.28. The van der Waals surface area contributed by atoms with Crippen LogP contribution in [0.15, 0.2) is 12.1 Å². The van der Waals surface area contributed by atoms with Gasteiger partial charge in [0.2, 0.25) is 5.91 Å². The van der Waals surface area contributed by atoms with Gasteiger partial charge in [-0.05, 0) is 18.1 Å². The third-order valence-corrected chi connectivity index (χ3v) is 3.09. The molecule has 1 aromatic carbocycles. The topological polar surface area (TPSA) is 128 Å². The predicted molar refractivity (Wildman–Crippen MR) is 69.0 cm³/mol. The van der Waals surface area contributed by atoms with E-state index in [1.54, 1.807) is 0 Å². The Morgan fingerprint density at radius 3 is 2.84 bits per heavy atom. The van der Waals surface area contributed by atoms with E-state index in [-0.39, 0.29) is 17.5 Å². The number of aliphatic hydroxyl groups excluding tert-OH is 1. The monoisotopic (exact) mass is 267 g/mol. The molecule has 0 saturated heterocycles. The van der Waals surface area contributed by atoms with Crippen LogP contribution in [0.3, 0.4) is 0 Å². The third kappa shape index (κ3) is 2.88. The standard InChI is InChI=1S/C12H17N3O4/c13-8(5-16)12(19)15-7-1-6-2-10(17)11(18)3-9(6)14-4-7/h2-3,7-8,14,16-18H,1,4-5,13H2,(H,15,19)/t7-,8-/m0/s1. The van der Waals surface area contributed by atoms with Crippen molar-refractivity contribution in [3.05, 3.63) is 17.7 Å². The van der Waals surface area contributed by atoms with Gasteiger partial charge < -0.3 is 31.7 Å². The normalized spacial score (nSPS) is 19.2. The number of benzene rings is 1. The Kier molecular flexibility index (Phi) is 3.77. The van der Waals surface area contributed by atoms with Gasteiger partial charge in [-0.3, -0.25) is 4.79 Å². The molecule has 0 bridgehead atoms. The first-order valence-corrected chi connectivity index (χ1v) is 5.96. The molecule has 0 aliphatic carbocycles. The van der Waals surface area contributed by atoms with E-state index in [1.165, 1.54) is 12.1 Å². The summed E-state index contributed by atoms with van der Waals surface area (Å²) >= 11 is 0. The largest absolute Gasteiger partial charge is 0.504 e. The Morgan fingerprint density at radius 2 is 2.16 bits per heavy atom. The minimum absolute atomic E-state index is 0.179. The average molecular weight is 267 g/mol. The van der Waals surface area contributed by atoms with Crippen molar-refractivity contribution in [3.63, 3.8) is 0 Å². The summed E-state index contributed by atoms with van der Waals surface area (Å²) in [6, 6.07) is 1.79. The van der Waals surface area contributed by atoms with Gasteiger partial charge in [0, 0.05) is 18.3 Å². The van der Waals surface area contributed by atoms with Crippen molar-refractivity contribution in [1.82, 2.24) is 5.32 Å². The summed E-state index contributed by atoms with van der Waals surface area (Å²) in [5, 5.41) is 33.4. The van der Waals surface area contributed by atoms with E-state index in [9.17, 15) is 15.0 Å². The van der Waals surface area contributed by atoms with Gasteiger partial charge in [-0.15, -0.1) is 0 Å². The number of anilines is 1. The molecule has 2 atom stereocenters. The molecule has 1 amide bonds. The summed E-state index contributed by atoms with van der Waals surface area (Å²) in [4.78, 5) is 11.6. The molecule has 1 aliphatic rings. The van der Waals surface area contributed by atoms with Crippen molar-refractivity contribution in [2.45, 2.75) is 18.5 Å². The fourth-order valence-electron chi connectivity index (χ4n) is 2.02. The van der Waals surface area contributed by atoms with Crippen molar-refractivity contribution < 1.29 is 20.1 Å². The molecule has 7 nitrogen and oxygen atoms in total. The number of hydrogen-bond acceptors (Lipinski definition) is 6. The van der Waals surface area contributed by atoms with Gasteiger partial charge in [-0.2, -0.15) is 0 Å². The van der Waals surface area contributed by atoms with Crippen molar-refractivity contribution in [3.8, 4) is 11.5 Å². The molecule has 1 aromatic rings. The van der Waals surface area contributed by atoms with E-state index in [0.717, 1.165) is 11.3 Å². The number of fused-ring (bicyclic) bond motifs is 1. The van der Waals surface area contributed by atoms with Crippen molar-refractivity contribution in [2.75, 3.05) is 18.5 Å². The molecule has 0 unspecified atom stereocenters. The maximum atomic E-state index is 11.6. The number of hydrogen-bond donors (Lipinski definition) is 6. The molecule has 1 heterocycles. The maximum absolute atomic E-state index is 11.6. The van der Waals surface area contributed by atoms with E-state index in [2.05, 4.69) is 10.6 Å². The van der Waals surface area contributed by atoms with Crippen molar-refractivity contribution >= 4 is 11.6 Å². The van der Waals surface area contributed by atoms with Crippen LogP contribution < -0.4 is 16.4 Å². The number of amides is 1. The lowest BCUT2D eigenvalue weighted by molar-refractivity contribution is -0.123. The fraction of sp³-hybridized carbons (Fsp3) is 0.417. The highest BCUT2D eigenvalue weighted by molar-refractivity contribution is 5.82. The lowest BCUT2D eigenvalue weighted by Crippen LogP contribution is -2.50. The maximum Gasteiger partial charge on any atom is 0.239 e. The zero-order chi connectivity index (χ0) is 14.0. The molecular weight excluding hydrogens is 250 g/mol. The average Bonchev–Trinajstić information content (AvgIpc) is 2.39. The lowest BCUT2D eigenvalue weighted by atomic mass is 9.98. The Labute approximate surface area is 110 Å². The summed E-state index contributed by atoms with van der Waals surface area (Å²) in [5.41, 5.74) is 6.94. The number of phenolic OH excluding ortho intramolecular Hbond substituents is 2. The molecule has 104 valence electrons. The van der Waals surface area contributed by atoms with E-state index in [4.69, 9.17) is 10.8 Å². The number of carbonyl (C=O) groups is 1. The molecule has 0 fully saturated rings. The predicted octanol–water partition coefficient (Wildman–Crippen LogP) is -1.13. The molecule has 1 aliphatic heterocycles. The summed E-state index contributed by atoms with van der Waals surface area (Å²) in [5.74, 6) is -0.795. The number of carbonyl (C=O) groups excluding carboxylic acids is 1. The molecule has 0 aromatic heterocycles. The SMILES string of the molecule is N[C@@H](CO)C(=O)N[C@@H]1CNc2cc(O)c(O)cc2C1. The van der Waals surface area contributed by atoms with Gasteiger partial charge in [0.25, 0.3) is 0 Å². The van der Waals surface area contributed by atoms with Crippen LogP contribution in [-0.2, 0) is 11.2 Å². The highest BCUT2D eigenvalue weighted by atomic mass is 16.3. The molecule has 7 N–H and O–H groups in total. The van der Waals surface area contributed by atoms with Gasteiger partial charge in [0.15, 0.2) is 11.5 Å². The second-order valence-corrected chi connectivity index (χ2v) is 4.58. The summed E-state index contributed by atoms with van der Waals surface area (Å²) in [6.07, 6.45) is 0.514. The second-order valence-electron chi connectivity index (χ2n) is 4.58.